The zero-order chi connectivity index (χ0) is 20.7. The second-order valence-electron chi connectivity index (χ2n) is 6.95. The van der Waals surface area contributed by atoms with Gasteiger partial charge in [-0.25, -0.2) is 14.4 Å². The van der Waals surface area contributed by atoms with Crippen LogP contribution in [0, 0.1) is 33.5 Å². The molecule has 0 aliphatic rings. The predicted molar refractivity (Wildman–Crippen MR) is 117 cm³/mol. The minimum Gasteiger partial charge on any atom is -0.318 e. The summed E-state index contributed by atoms with van der Waals surface area (Å²) in [5.74, 6) is 0.0700. The van der Waals surface area contributed by atoms with Crippen LogP contribution in [0.25, 0.3) is 15.9 Å². The van der Waals surface area contributed by atoms with Crippen molar-refractivity contribution in [2.75, 3.05) is 5.75 Å². The molecule has 0 atom stereocenters. The van der Waals surface area contributed by atoms with Crippen molar-refractivity contribution in [1.82, 2.24) is 14.5 Å². The molecule has 0 aliphatic carbocycles. The molecule has 148 valence electrons. The van der Waals surface area contributed by atoms with E-state index >= 15 is 0 Å². The number of halogens is 1. The van der Waals surface area contributed by atoms with Crippen molar-refractivity contribution in [3.05, 3.63) is 69.9 Å². The molecule has 29 heavy (non-hydrogen) atoms. The van der Waals surface area contributed by atoms with E-state index in [9.17, 15) is 9.18 Å². The van der Waals surface area contributed by atoms with Gasteiger partial charge in [-0.1, -0.05) is 11.8 Å². The lowest BCUT2D eigenvalue weighted by Crippen LogP contribution is -2.06. The molecule has 0 spiro atoms. The number of benzene rings is 1. The number of Topliss-reactive ketones (excluding diaryl/α,β-unsaturated/α-hetero) is 1. The fraction of sp³-hybridized carbons (Fsp3) is 0.227. The van der Waals surface area contributed by atoms with E-state index in [1.165, 1.54) is 34.3 Å². The van der Waals surface area contributed by atoms with E-state index in [1.807, 2.05) is 24.5 Å². The summed E-state index contributed by atoms with van der Waals surface area (Å²) in [5, 5.41) is 1.89. The van der Waals surface area contributed by atoms with Crippen LogP contribution in [-0.2, 0) is 0 Å². The van der Waals surface area contributed by atoms with Crippen molar-refractivity contribution in [2.45, 2.75) is 32.7 Å². The van der Waals surface area contributed by atoms with Crippen LogP contribution in [0.2, 0.25) is 0 Å². The Bertz CT molecular complexity index is 1230. The largest absolute Gasteiger partial charge is 0.318 e. The maximum absolute atomic E-state index is 13.3. The van der Waals surface area contributed by atoms with Crippen molar-refractivity contribution in [1.29, 1.82) is 0 Å². The van der Waals surface area contributed by atoms with E-state index in [0.717, 1.165) is 32.3 Å². The lowest BCUT2D eigenvalue weighted by atomic mass is 10.2. The van der Waals surface area contributed by atoms with Gasteiger partial charge < -0.3 is 4.57 Å². The number of nitrogens with zero attached hydrogens (tertiary/aromatic N) is 3. The van der Waals surface area contributed by atoms with Gasteiger partial charge in [0.2, 0.25) is 0 Å². The molecule has 4 rings (SSSR count). The van der Waals surface area contributed by atoms with Gasteiger partial charge in [-0.05, 0) is 63.6 Å². The van der Waals surface area contributed by atoms with Gasteiger partial charge in [-0.3, -0.25) is 4.79 Å². The third-order valence-corrected chi connectivity index (χ3v) is 7.19. The highest BCUT2D eigenvalue weighted by atomic mass is 32.2. The number of hydrogen-bond donors (Lipinski definition) is 0. The number of aryl methyl sites for hydroxylation is 3. The zero-order valence-electron chi connectivity index (χ0n) is 16.6. The van der Waals surface area contributed by atoms with Gasteiger partial charge in [0.15, 0.2) is 5.78 Å². The maximum atomic E-state index is 13.3. The summed E-state index contributed by atoms with van der Waals surface area (Å²) in [6, 6.07) is 8.20. The molecule has 0 amide bonds. The van der Waals surface area contributed by atoms with E-state index in [2.05, 4.69) is 23.8 Å². The number of thioether (sulfide) groups is 1. The molecule has 3 heterocycles. The van der Waals surface area contributed by atoms with E-state index < -0.39 is 0 Å². The first kappa shape index (κ1) is 19.8. The molecule has 0 N–H and O–H groups in total. The molecule has 4 nitrogen and oxygen atoms in total. The number of fused-ring (bicyclic) bond motifs is 1. The molecule has 0 bridgehead atoms. The SMILES string of the molecule is Cc1sc2ncnc(SCC(=O)c3cc(C)n(-c4ccc(F)cc4)c3C)c2c1C. The van der Waals surface area contributed by atoms with Crippen molar-refractivity contribution in [2.24, 2.45) is 0 Å². The van der Waals surface area contributed by atoms with E-state index in [-0.39, 0.29) is 11.6 Å². The lowest BCUT2D eigenvalue weighted by Gasteiger charge is -2.10. The molecule has 0 aliphatic heterocycles. The van der Waals surface area contributed by atoms with Gasteiger partial charge in [-0.2, -0.15) is 0 Å². The Kier molecular flexibility index (Phi) is 5.27. The van der Waals surface area contributed by atoms with E-state index in [1.54, 1.807) is 29.8 Å². The Morgan fingerprint density at radius 1 is 1.14 bits per heavy atom. The van der Waals surface area contributed by atoms with Crippen LogP contribution in [0.4, 0.5) is 4.39 Å². The maximum Gasteiger partial charge on any atom is 0.174 e. The number of ketones is 1. The standard InChI is InChI=1S/C22H20FN3OS2/c1-12-9-18(14(3)26(12)17-7-5-16(23)6-8-17)19(27)10-28-21-20-13(2)15(4)29-22(20)25-11-24-21/h5-9,11H,10H2,1-4H3. The molecular formula is C22H20FN3OS2. The highest BCUT2D eigenvalue weighted by Crippen LogP contribution is 2.34. The summed E-state index contributed by atoms with van der Waals surface area (Å²) in [4.78, 5) is 23.9. The smallest absolute Gasteiger partial charge is 0.174 e. The van der Waals surface area contributed by atoms with Crippen LogP contribution < -0.4 is 0 Å². The Balaban J connectivity index is 1.60. The van der Waals surface area contributed by atoms with Gasteiger partial charge in [-0.15, -0.1) is 11.3 Å². The normalized spacial score (nSPS) is 11.3. The highest BCUT2D eigenvalue weighted by Gasteiger charge is 2.19. The van der Waals surface area contributed by atoms with Crippen LogP contribution in [0.1, 0.15) is 32.2 Å². The van der Waals surface area contributed by atoms with Gasteiger partial charge in [0.1, 0.15) is 22.0 Å². The van der Waals surface area contributed by atoms with Crippen molar-refractivity contribution in [3.8, 4) is 5.69 Å². The Morgan fingerprint density at radius 3 is 2.59 bits per heavy atom. The quantitative estimate of drug-likeness (QED) is 0.229. The van der Waals surface area contributed by atoms with Crippen LogP contribution in [0.5, 0.6) is 0 Å². The second-order valence-corrected chi connectivity index (χ2v) is 9.12. The van der Waals surface area contributed by atoms with Crippen LogP contribution >= 0.6 is 23.1 Å². The summed E-state index contributed by atoms with van der Waals surface area (Å²) in [7, 11) is 0. The third-order valence-electron chi connectivity index (χ3n) is 5.09. The fourth-order valence-corrected chi connectivity index (χ4v) is 5.50. The summed E-state index contributed by atoms with van der Waals surface area (Å²) in [6.07, 6.45) is 1.56. The molecule has 7 heteroatoms. The highest BCUT2D eigenvalue weighted by molar-refractivity contribution is 8.00. The zero-order valence-corrected chi connectivity index (χ0v) is 18.2. The number of thiophene rings is 1. The average molecular weight is 426 g/mol. The number of aromatic nitrogens is 3. The van der Waals surface area contributed by atoms with Gasteiger partial charge in [0, 0.05) is 32.9 Å². The molecule has 0 saturated carbocycles. The fourth-order valence-electron chi connectivity index (χ4n) is 3.50. The molecule has 0 unspecified atom stereocenters. The molecule has 0 fully saturated rings. The molecular weight excluding hydrogens is 405 g/mol. The minimum absolute atomic E-state index is 0.0489. The Hall–Kier alpha value is -2.51. The number of carbonyl (C=O) groups is 1. The van der Waals surface area contributed by atoms with Crippen LogP contribution in [0.3, 0.4) is 0 Å². The first-order chi connectivity index (χ1) is 13.9. The van der Waals surface area contributed by atoms with E-state index in [4.69, 9.17) is 0 Å². The summed E-state index contributed by atoms with van der Waals surface area (Å²) in [5.41, 5.74) is 4.50. The molecule has 0 radical (unpaired) electrons. The number of hydrogen-bond acceptors (Lipinski definition) is 5. The first-order valence-electron chi connectivity index (χ1n) is 9.18. The molecule has 1 aromatic carbocycles. The van der Waals surface area contributed by atoms with Crippen molar-refractivity contribution in [3.63, 3.8) is 0 Å². The summed E-state index contributed by atoms with van der Waals surface area (Å²) >= 11 is 3.10. The van der Waals surface area contributed by atoms with Crippen LogP contribution in [-0.4, -0.2) is 26.1 Å². The molecule has 3 aromatic heterocycles. The van der Waals surface area contributed by atoms with E-state index in [0.29, 0.717) is 11.3 Å². The predicted octanol–water partition coefficient (Wildman–Crippen LogP) is 5.83. The summed E-state index contributed by atoms with van der Waals surface area (Å²) in [6.45, 7) is 8.01. The topological polar surface area (TPSA) is 47.8 Å². The second kappa shape index (κ2) is 7.72. The van der Waals surface area contributed by atoms with Crippen molar-refractivity contribution >= 4 is 39.1 Å². The van der Waals surface area contributed by atoms with Crippen LogP contribution in [0.15, 0.2) is 41.7 Å². The Labute approximate surface area is 176 Å². The first-order valence-corrected chi connectivity index (χ1v) is 11.0. The number of rotatable bonds is 5. The van der Waals surface area contributed by atoms with Gasteiger partial charge >= 0.3 is 0 Å². The Morgan fingerprint density at radius 2 is 1.86 bits per heavy atom. The van der Waals surface area contributed by atoms with Gasteiger partial charge in [0.05, 0.1) is 5.75 Å². The average Bonchev–Trinajstić information content (AvgIpc) is 3.16. The van der Waals surface area contributed by atoms with Crippen molar-refractivity contribution < 1.29 is 9.18 Å². The monoisotopic (exact) mass is 425 g/mol. The van der Waals surface area contributed by atoms with Gasteiger partial charge in [0.25, 0.3) is 0 Å². The third kappa shape index (κ3) is 3.60. The molecule has 0 saturated heterocycles. The lowest BCUT2D eigenvalue weighted by molar-refractivity contribution is 0.102. The summed E-state index contributed by atoms with van der Waals surface area (Å²) < 4.78 is 15.2. The number of carbonyl (C=O) groups excluding carboxylic acids is 1. The minimum atomic E-state index is -0.279. The molecule has 4 aromatic rings.